The normalized spacial score (nSPS) is 10.4. The lowest BCUT2D eigenvalue weighted by molar-refractivity contribution is -0.557. The summed E-state index contributed by atoms with van der Waals surface area (Å²) in [6.45, 7) is 0. The first-order valence-electron chi connectivity index (χ1n) is 6.93. The zero-order chi connectivity index (χ0) is 15.5. The minimum atomic E-state index is -0.565. The number of carbonyl (C=O) groups is 1. The smallest absolute Gasteiger partial charge is 0.395 e. The Bertz CT molecular complexity index is 814. The van der Waals surface area contributed by atoms with Crippen molar-refractivity contribution in [3.63, 3.8) is 0 Å². The molecule has 3 rings (SSSR count). The summed E-state index contributed by atoms with van der Waals surface area (Å²) in [6, 6.07) is 20.6. The fourth-order valence-corrected chi connectivity index (χ4v) is 2.51. The molecule has 3 aromatic rings. The predicted molar refractivity (Wildman–Crippen MR) is 86.9 cm³/mol. The van der Waals surface area contributed by atoms with Gasteiger partial charge in [0.1, 0.15) is 6.20 Å². The number of aromatic nitrogens is 1. The highest BCUT2D eigenvalue weighted by molar-refractivity contribution is 5.86. The second kappa shape index (κ2) is 5.69. The van der Waals surface area contributed by atoms with E-state index in [1.807, 2.05) is 66.7 Å². The highest BCUT2D eigenvalue weighted by Crippen LogP contribution is 2.31. The summed E-state index contributed by atoms with van der Waals surface area (Å²) < 4.78 is 1.37. The van der Waals surface area contributed by atoms with Crippen LogP contribution in [0.1, 0.15) is 0 Å². The molecule has 0 saturated carbocycles. The van der Waals surface area contributed by atoms with Gasteiger partial charge in [-0.15, -0.1) is 0 Å². The molecule has 2 aromatic carbocycles. The minimum absolute atomic E-state index is 0.527. The number of hydrogen-bond acceptors (Lipinski definition) is 2. The number of anilines is 1. The molecule has 4 N–H and O–H groups in total. The van der Waals surface area contributed by atoms with Gasteiger partial charge in [0.25, 0.3) is 0 Å². The zero-order valence-corrected chi connectivity index (χ0v) is 11.9. The number of nitrogens with zero attached hydrogens (tertiary/aromatic N) is 1. The van der Waals surface area contributed by atoms with Gasteiger partial charge in [0.15, 0.2) is 5.69 Å². The van der Waals surface area contributed by atoms with E-state index in [9.17, 15) is 4.79 Å². The fraction of sp³-hybridized carbons (Fsp3) is 0. The van der Waals surface area contributed by atoms with Gasteiger partial charge in [0.2, 0.25) is 0 Å². The van der Waals surface area contributed by atoms with E-state index in [1.165, 1.54) is 4.57 Å². The third kappa shape index (κ3) is 2.42. The maximum absolute atomic E-state index is 11.7. The summed E-state index contributed by atoms with van der Waals surface area (Å²) in [4.78, 5) is 11.7. The van der Waals surface area contributed by atoms with Gasteiger partial charge in [-0.1, -0.05) is 60.7 Å². The Labute approximate surface area is 128 Å². The van der Waals surface area contributed by atoms with Crippen molar-refractivity contribution in [2.75, 3.05) is 5.73 Å². The molecule has 22 heavy (non-hydrogen) atoms. The minimum Gasteiger partial charge on any atom is -0.395 e. The Balaban J connectivity index is 2.28. The number of hydrogen-bond donors (Lipinski definition) is 2. The van der Waals surface area contributed by atoms with Crippen molar-refractivity contribution in [2.45, 2.75) is 0 Å². The van der Waals surface area contributed by atoms with Gasteiger partial charge in [-0.05, 0) is 11.6 Å². The average molecular weight is 290 g/mol. The second-order valence-corrected chi connectivity index (χ2v) is 4.93. The van der Waals surface area contributed by atoms with Crippen LogP contribution in [0.5, 0.6) is 0 Å². The van der Waals surface area contributed by atoms with E-state index in [2.05, 4.69) is 0 Å². The molecule has 0 fully saturated rings. The Morgan fingerprint density at radius 3 is 1.91 bits per heavy atom. The van der Waals surface area contributed by atoms with Gasteiger partial charge < -0.3 is 5.73 Å². The van der Waals surface area contributed by atoms with Crippen LogP contribution in [-0.2, 0) is 0 Å². The molecule has 0 atom stereocenters. The van der Waals surface area contributed by atoms with Crippen LogP contribution in [0.2, 0.25) is 0 Å². The summed E-state index contributed by atoms with van der Waals surface area (Å²) >= 11 is 0. The summed E-state index contributed by atoms with van der Waals surface area (Å²) in [7, 11) is 0. The molecule has 0 bridgehead atoms. The molecule has 0 spiro atoms. The standard InChI is InChI=1S/C18H15N3O/c19-16-15(13-7-3-1-4-8-13)11-12-21(18(20)22)17(16)14-9-5-2-6-10-14/h1-12H,19H2,(H-,20,22)/p+1. The van der Waals surface area contributed by atoms with Crippen molar-refractivity contribution >= 4 is 11.7 Å². The lowest BCUT2D eigenvalue weighted by Crippen LogP contribution is -2.49. The average Bonchev–Trinajstić information content (AvgIpc) is 2.56. The van der Waals surface area contributed by atoms with Crippen LogP contribution < -0.4 is 16.0 Å². The SMILES string of the molecule is NC(=O)[n+]1ccc(-c2ccccc2)c(N)c1-c1ccccc1. The van der Waals surface area contributed by atoms with Crippen molar-refractivity contribution in [1.82, 2.24) is 0 Å². The van der Waals surface area contributed by atoms with Crippen LogP contribution in [0.4, 0.5) is 10.5 Å². The van der Waals surface area contributed by atoms with Crippen molar-refractivity contribution in [1.29, 1.82) is 0 Å². The van der Waals surface area contributed by atoms with Crippen molar-refractivity contribution in [3.05, 3.63) is 72.9 Å². The van der Waals surface area contributed by atoms with E-state index < -0.39 is 6.03 Å². The van der Waals surface area contributed by atoms with E-state index in [0.717, 1.165) is 16.7 Å². The maximum Gasteiger partial charge on any atom is 0.494 e. The molecule has 0 saturated heterocycles. The van der Waals surface area contributed by atoms with Crippen LogP contribution >= 0.6 is 0 Å². The number of amides is 1. The number of rotatable bonds is 2. The Hall–Kier alpha value is -3.14. The summed E-state index contributed by atoms with van der Waals surface area (Å²) in [5.74, 6) is 0. The third-order valence-corrected chi connectivity index (χ3v) is 3.55. The highest BCUT2D eigenvalue weighted by atomic mass is 16.2. The lowest BCUT2D eigenvalue weighted by Gasteiger charge is -2.12. The molecular weight excluding hydrogens is 274 g/mol. The second-order valence-electron chi connectivity index (χ2n) is 4.93. The Morgan fingerprint density at radius 1 is 0.818 bits per heavy atom. The number of pyridine rings is 1. The first-order chi connectivity index (χ1) is 10.7. The number of nitrogen functional groups attached to an aromatic ring is 1. The maximum atomic E-state index is 11.7. The van der Waals surface area contributed by atoms with Gasteiger partial charge in [-0.3, -0.25) is 5.73 Å². The molecule has 0 aliphatic heterocycles. The number of carbonyl (C=O) groups excluding carboxylic acids is 1. The van der Waals surface area contributed by atoms with Crippen LogP contribution in [-0.4, -0.2) is 6.03 Å². The number of primary amides is 1. The molecule has 0 aliphatic rings. The van der Waals surface area contributed by atoms with Crippen molar-refractivity contribution < 1.29 is 9.36 Å². The number of benzene rings is 2. The Kier molecular flexibility index (Phi) is 3.58. The predicted octanol–water partition coefficient (Wildman–Crippen LogP) is 2.82. The molecule has 1 aromatic heterocycles. The van der Waals surface area contributed by atoms with E-state index in [0.29, 0.717) is 11.4 Å². The van der Waals surface area contributed by atoms with E-state index in [-0.39, 0.29) is 0 Å². The first kappa shape index (κ1) is 13.8. The third-order valence-electron chi connectivity index (χ3n) is 3.55. The molecule has 1 amide bonds. The van der Waals surface area contributed by atoms with Crippen LogP contribution in [0, 0.1) is 0 Å². The molecule has 0 aliphatic carbocycles. The van der Waals surface area contributed by atoms with Crippen LogP contribution in [0.15, 0.2) is 72.9 Å². The van der Waals surface area contributed by atoms with Gasteiger partial charge in [-0.25, -0.2) is 0 Å². The van der Waals surface area contributed by atoms with E-state index >= 15 is 0 Å². The van der Waals surface area contributed by atoms with Crippen molar-refractivity contribution in [3.8, 4) is 22.4 Å². The highest BCUT2D eigenvalue weighted by Gasteiger charge is 2.21. The first-order valence-corrected chi connectivity index (χ1v) is 6.93. The van der Waals surface area contributed by atoms with Crippen molar-refractivity contribution in [2.24, 2.45) is 5.73 Å². The number of nitrogens with two attached hydrogens (primary N) is 2. The molecule has 108 valence electrons. The van der Waals surface area contributed by atoms with Gasteiger partial charge >= 0.3 is 6.03 Å². The monoisotopic (exact) mass is 290 g/mol. The molecule has 0 radical (unpaired) electrons. The Morgan fingerprint density at radius 2 is 1.36 bits per heavy atom. The zero-order valence-electron chi connectivity index (χ0n) is 11.9. The summed E-state index contributed by atoms with van der Waals surface area (Å²) in [5, 5.41) is 0. The molecule has 1 heterocycles. The van der Waals surface area contributed by atoms with Crippen LogP contribution in [0.25, 0.3) is 22.4 Å². The summed E-state index contributed by atoms with van der Waals surface area (Å²) in [5.41, 5.74) is 15.7. The topological polar surface area (TPSA) is 73.0 Å². The molecule has 4 nitrogen and oxygen atoms in total. The largest absolute Gasteiger partial charge is 0.494 e. The lowest BCUT2D eigenvalue weighted by atomic mass is 10.0. The fourth-order valence-electron chi connectivity index (χ4n) is 2.51. The molecule has 0 unspecified atom stereocenters. The van der Waals surface area contributed by atoms with Gasteiger partial charge in [0.05, 0.1) is 5.69 Å². The van der Waals surface area contributed by atoms with E-state index in [4.69, 9.17) is 11.5 Å². The molecule has 4 heteroatoms. The molecular formula is C18H16N3O+. The van der Waals surface area contributed by atoms with E-state index in [1.54, 1.807) is 6.20 Å². The quantitative estimate of drug-likeness (QED) is 0.712. The summed E-state index contributed by atoms with van der Waals surface area (Å²) in [6.07, 6.45) is 1.66. The van der Waals surface area contributed by atoms with Gasteiger partial charge in [0, 0.05) is 11.1 Å². The van der Waals surface area contributed by atoms with Crippen LogP contribution in [0.3, 0.4) is 0 Å². The van der Waals surface area contributed by atoms with Gasteiger partial charge in [-0.2, -0.15) is 9.36 Å².